The van der Waals surface area contributed by atoms with Gasteiger partial charge in [-0.15, -0.1) is 0 Å². The number of nitrogens with zero attached hydrogens (tertiary/aromatic N) is 1. The minimum atomic E-state index is -4.56. The smallest absolute Gasteiger partial charge is 0.421 e. The topological polar surface area (TPSA) is 88.5 Å². The quantitative estimate of drug-likeness (QED) is 0.761. The van der Waals surface area contributed by atoms with Crippen LogP contribution in [-0.4, -0.2) is 35.1 Å². The molecule has 2 rings (SSSR count). The van der Waals surface area contributed by atoms with Gasteiger partial charge in [-0.05, 0) is 37.8 Å². The van der Waals surface area contributed by atoms with Gasteiger partial charge in [-0.3, -0.25) is 9.59 Å². The van der Waals surface area contributed by atoms with Crippen LogP contribution >= 0.6 is 0 Å². The highest BCUT2D eigenvalue weighted by Crippen LogP contribution is 2.34. The molecular formula is C16H19F3N2O4. The third-order valence-electron chi connectivity index (χ3n) is 4.16. The molecule has 0 unspecified atom stereocenters. The Morgan fingerprint density at radius 3 is 2.48 bits per heavy atom. The highest BCUT2D eigenvalue weighted by Gasteiger charge is 2.35. The molecule has 0 saturated heterocycles. The van der Waals surface area contributed by atoms with Crippen molar-refractivity contribution in [3.05, 3.63) is 23.9 Å². The molecule has 9 heteroatoms. The summed E-state index contributed by atoms with van der Waals surface area (Å²) in [6, 6.07) is 2.05. The van der Waals surface area contributed by atoms with E-state index in [4.69, 9.17) is 9.84 Å². The fourth-order valence-corrected chi connectivity index (χ4v) is 2.79. The molecule has 1 aromatic rings. The van der Waals surface area contributed by atoms with E-state index in [-0.39, 0.29) is 25.0 Å². The number of carboxylic acid groups (broad SMARTS) is 1. The number of aliphatic carboxylic acids is 1. The summed E-state index contributed by atoms with van der Waals surface area (Å²) in [5.41, 5.74) is -0.965. The van der Waals surface area contributed by atoms with Gasteiger partial charge in [0.05, 0.1) is 12.5 Å². The van der Waals surface area contributed by atoms with E-state index in [0.717, 1.165) is 6.07 Å². The molecule has 1 heterocycles. The van der Waals surface area contributed by atoms with Gasteiger partial charge in [0.1, 0.15) is 12.2 Å². The van der Waals surface area contributed by atoms with Crippen LogP contribution in [-0.2, 0) is 15.8 Å². The average molecular weight is 360 g/mol. The summed E-state index contributed by atoms with van der Waals surface area (Å²) in [6.07, 6.45) is -1.48. The number of carbonyl (C=O) groups is 2. The Morgan fingerprint density at radius 2 is 1.88 bits per heavy atom. The molecule has 0 aliphatic heterocycles. The van der Waals surface area contributed by atoms with Crippen molar-refractivity contribution in [2.45, 2.75) is 31.9 Å². The maximum Gasteiger partial charge on any atom is 0.421 e. The summed E-state index contributed by atoms with van der Waals surface area (Å²) >= 11 is 0. The SMILES string of the molecule is O=C(O)C1CCC(C(=O)NCCOc2ncccc2C(F)(F)F)CC1. The van der Waals surface area contributed by atoms with Gasteiger partial charge in [-0.1, -0.05) is 0 Å². The molecule has 0 aromatic carbocycles. The van der Waals surface area contributed by atoms with E-state index < -0.39 is 29.5 Å². The number of halogens is 3. The van der Waals surface area contributed by atoms with Crippen molar-refractivity contribution in [3.63, 3.8) is 0 Å². The summed E-state index contributed by atoms with van der Waals surface area (Å²) < 4.78 is 43.4. The second-order valence-corrected chi connectivity index (χ2v) is 5.88. The summed E-state index contributed by atoms with van der Waals surface area (Å²) in [7, 11) is 0. The normalized spacial score (nSPS) is 20.8. The number of hydrogen-bond acceptors (Lipinski definition) is 4. The van der Waals surface area contributed by atoms with Gasteiger partial charge in [0.2, 0.25) is 11.8 Å². The molecule has 1 aliphatic carbocycles. The number of hydrogen-bond donors (Lipinski definition) is 2. The van der Waals surface area contributed by atoms with E-state index in [9.17, 15) is 22.8 Å². The fraction of sp³-hybridized carbons (Fsp3) is 0.562. The lowest BCUT2D eigenvalue weighted by molar-refractivity contribution is -0.144. The standard InChI is InChI=1S/C16H19F3N2O4/c17-16(18,19)12-2-1-7-21-14(12)25-9-8-20-13(22)10-3-5-11(6-4-10)15(23)24/h1-2,7,10-11H,3-6,8-9H2,(H,20,22)(H,23,24). The highest BCUT2D eigenvalue weighted by atomic mass is 19.4. The molecule has 138 valence electrons. The lowest BCUT2D eigenvalue weighted by atomic mass is 9.81. The van der Waals surface area contributed by atoms with Crippen molar-refractivity contribution in [2.75, 3.05) is 13.2 Å². The maximum atomic E-state index is 12.8. The number of rotatable bonds is 6. The number of carbonyl (C=O) groups excluding carboxylic acids is 1. The molecule has 0 spiro atoms. The average Bonchev–Trinajstić information content (AvgIpc) is 2.58. The van der Waals surface area contributed by atoms with Crippen LogP contribution in [0.2, 0.25) is 0 Å². The Bertz CT molecular complexity index is 614. The Balaban J connectivity index is 1.75. The van der Waals surface area contributed by atoms with Gasteiger partial charge in [-0.2, -0.15) is 13.2 Å². The van der Waals surface area contributed by atoms with Crippen molar-refractivity contribution < 1.29 is 32.6 Å². The second-order valence-electron chi connectivity index (χ2n) is 5.88. The predicted octanol–water partition coefficient (Wildman–Crippen LogP) is 2.49. The van der Waals surface area contributed by atoms with Crippen LogP contribution in [0.4, 0.5) is 13.2 Å². The number of aromatic nitrogens is 1. The van der Waals surface area contributed by atoms with Crippen molar-refractivity contribution in [3.8, 4) is 5.88 Å². The molecule has 0 atom stereocenters. The Morgan fingerprint density at radius 1 is 1.24 bits per heavy atom. The van der Waals surface area contributed by atoms with Crippen molar-refractivity contribution in [1.29, 1.82) is 0 Å². The van der Waals surface area contributed by atoms with Gasteiger partial charge in [0, 0.05) is 12.1 Å². The molecule has 1 saturated carbocycles. The van der Waals surface area contributed by atoms with Crippen molar-refractivity contribution in [2.24, 2.45) is 11.8 Å². The molecule has 6 nitrogen and oxygen atoms in total. The third-order valence-corrected chi connectivity index (χ3v) is 4.16. The van der Waals surface area contributed by atoms with Gasteiger partial charge >= 0.3 is 12.1 Å². The van der Waals surface area contributed by atoms with Crippen LogP contribution < -0.4 is 10.1 Å². The van der Waals surface area contributed by atoms with Gasteiger partial charge in [-0.25, -0.2) is 4.98 Å². The van der Waals surface area contributed by atoms with E-state index in [0.29, 0.717) is 25.7 Å². The predicted molar refractivity (Wildman–Crippen MR) is 80.8 cm³/mol. The summed E-state index contributed by atoms with van der Waals surface area (Å²) in [6.45, 7) is -0.0954. The van der Waals surface area contributed by atoms with E-state index >= 15 is 0 Å². The monoisotopic (exact) mass is 360 g/mol. The molecule has 0 radical (unpaired) electrons. The lowest BCUT2D eigenvalue weighted by Gasteiger charge is -2.25. The van der Waals surface area contributed by atoms with E-state index in [1.165, 1.54) is 12.3 Å². The highest BCUT2D eigenvalue weighted by molar-refractivity contribution is 5.79. The van der Waals surface area contributed by atoms with Crippen LogP contribution in [0.3, 0.4) is 0 Å². The minimum absolute atomic E-state index is 0.0472. The molecule has 25 heavy (non-hydrogen) atoms. The van der Waals surface area contributed by atoms with E-state index in [2.05, 4.69) is 10.3 Å². The largest absolute Gasteiger partial charge is 0.481 e. The molecule has 1 fully saturated rings. The summed E-state index contributed by atoms with van der Waals surface area (Å²) in [5.74, 6) is -2.27. The number of pyridine rings is 1. The van der Waals surface area contributed by atoms with Gasteiger partial charge < -0.3 is 15.2 Å². The second kappa shape index (κ2) is 8.17. The Kier molecular flexibility index (Phi) is 6.22. The molecular weight excluding hydrogens is 341 g/mol. The fourth-order valence-electron chi connectivity index (χ4n) is 2.79. The zero-order chi connectivity index (χ0) is 18.4. The van der Waals surface area contributed by atoms with Crippen LogP contribution in [0.25, 0.3) is 0 Å². The van der Waals surface area contributed by atoms with E-state index in [1.54, 1.807) is 0 Å². The zero-order valence-electron chi connectivity index (χ0n) is 13.4. The minimum Gasteiger partial charge on any atom is -0.481 e. The lowest BCUT2D eigenvalue weighted by Crippen LogP contribution is -2.36. The van der Waals surface area contributed by atoms with Crippen molar-refractivity contribution in [1.82, 2.24) is 10.3 Å². The molecule has 2 N–H and O–H groups in total. The summed E-state index contributed by atoms with van der Waals surface area (Å²) in [5, 5.41) is 11.5. The van der Waals surface area contributed by atoms with Gasteiger partial charge in [0.25, 0.3) is 0 Å². The van der Waals surface area contributed by atoms with E-state index in [1.807, 2.05) is 0 Å². The first kappa shape index (κ1) is 19.0. The number of alkyl halides is 3. The molecule has 0 bridgehead atoms. The molecule has 1 amide bonds. The van der Waals surface area contributed by atoms with Crippen molar-refractivity contribution >= 4 is 11.9 Å². The van der Waals surface area contributed by atoms with Crippen LogP contribution in [0.5, 0.6) is 5.88 Å². The number of carboxylic acids is 1. The number of nitrogens with one attached hydrogen (secondary N) is 1. The molecule has 1 aliphatic rings. The Labute approximate surface area is 142 Å². The van der Waals surface area contributed by atoms with Crippen LogP contribution in [0.1, 0.15) is 31.2 Å². The van der Waals surface area contributed by atoms with Gasteiger partial charge in [0.15, 0.2) is 0 Å². The zero-order valence-corrected chi connectivity index (χ0v) is 13.4. The Hall–Kier alpha value is -2.32. The number of amides is 1. The first-order chi connectivity index (χ1) is 11.8. The third kappa shape index (κ3) is 5.33. The first-order valence-corrected chi connectivity index (χ1v) is 7.94. The maximum absolute atomic E-state index is 12.8. The molecule has 1 aromatic heterocycles. The summed E-state index contributed by atoms with van der Waals surface area (Å²) in [4.78, 5) is 26.4. The van der Waals surface area contributed by atoms with Crippen LogP contribution in [0.15, 0.2) is 18.3 Å². The number of ether oxygens (including phenoxy) is 1. The first-order valence-electron chi connectivity index (χ1n) is 7.94. The van der Waals surface area contributed by atoms with Crippen LogP contribution in [0, 0.1) is 11.8 Å².